The number of hydrogen-bond acceptors (Lipinski definition) is 4. The number of nitrogens with zero attached hydrogens (tertiary/aromatic N) is 3. The van der Waals surface area contributed by atoms with Crippen LogP contribution in [0.25, 0.3) is 0 Å². The first-order valence-corrected chi connectivity index (χ1v) is 7.54. The maximum atomic E-state index is 11.7. The van der Waals surface area contributed by atoms with Crippen LogP contribution in [0.15, 0.2) is 36.7 Å². The molecule has 0 radical (unpaired) electrons. The summed E-state index contributed by atoms with van der Waals surface area (Å²) in [6, 6.07) is 7.03. The predicted molar refractivity (Wildman–Crippen MR) is 82.9 cm³/mol. The number of amides is 1. The van der Waals surface area contributed by atoms with Crippen molar-refractivity contribution in [1.82, 2.24) is 14.9 Å². The summed E-state index contributed by atoms with van der Waals surface area (Å²) in [5.41, 5.74) is 0.763. The highest BCUT2D eigenvalue weighted by atomic mass is 35.5. The Hall–Kier alpha value is -2.14. The second kappa shape index (κ2) is 6.32. The largest absolute Gasteiger partial charge is 0.437 e. The van der Waals surface area contributed by atoms with Gasteiger partial charge in [0.05, 0.1) is 24.1 Å². The van der Waals surface area contributed by atoms with Crippen LogP contribution in [0, 0.1) is 0 Å². The van der Waals surface area contributed by atoms with E-state index in [-0.39, 0.29) is 11.9 Å². The highest BCUT2D eigenvalue weighted by Crippen LogP contribution is 2.31. The molecule has 0 bridgehead atoms. The zero-order valence-electron chi connectivity index (χ0n) is 12.2. The Balaban J connectivity index is 1.80. The molecular formula is C16H16ClN3O2. The van der Waals surface area contributed by atoms with Gasteiger partial charge in [0.2, 0.25) is 11.8 Å². The SMILES string of the molecule is CC(=O)N1CCC[C@@H]1c1cncc(Oc2ccc(Cl)cc2)n1. The van der Waals surface area contributed by atoms with Gasteiger partial charge >= 0.3 is 0 Å². The van der Waals surface area contributed by atoms with Gasteiger partial charge < -0.3 is 9.64 Å². The molecule has 2 aromatic rings. The minimum absolute atomic E-state index is 0.0150. The maximum absolute atomic E-state index is 11.7. The molecule has 2 heterocycles. The lowest BCUT2D eigenvalue weighted by atomic mass is 10.1. The molecule has 1 aliphatic rings. The average molecular weight is 318 g/mol. The van der Waals surface area contributed by atoms with Crippen LogP contribution in [-0.4, -0.2) is 27.3 Å². The molecule has 22 heavy (non-hydrogen) atoms. The molecule has 0 spiro atoms. The molecule has 1 aromatic heterocycles. The van der Waals surface area contributed by atoms with Gasteiger partial charge in [0.1, 0.15) is 5.75 Å². The van der Waals surface area contributed by atoms with Gasteiger partial charge in [-0.3, -0.25) is 9.78 Å². The molecule has 1 atom stereocenters. The summed E-state index contributed by atoms with van der Waals surface area (Å²) < 4.78 is 5.69. The molecule has 1 saturated heterocycles. The topological polar surface area (TPSA) is 55.3 Å². The van der Waals surface area contributed by atoms with E-state index in [1.807, 2.05) is 4.90 Å². The van der Waals surface area contributed by atoms with Gasteiger partial charge in [0.25, 0.3) is 0 Å². The van der Waals surface area contributed by atoms with Crippen LogP contribution < -0.4 is 4.74 Å². The normalized spacial score (nSPS) is 17.5. The molecule has 1 aliphatic heterocycles. The third kappa shape index (κ3) is 3.20. The van der Waals surface area contributed by atoms with Crippen LogP contribution in [0.2, 0.25) is 5.02 Å². The van der Waals surface area contributed by atoms with Crippen LogP contribution in [0.5, 0.6) is 11.6 Å². The van der Waals surface area contributed by atoms with Gasteiger partial charge in [0.15, 0.2) is 0 Å². The van der Waals surface area contributed by atoms with Crippen molar-refractivity contribution in [2.75, 3.05) is 6.54 Å². The molecular weight excluding hydrogens is 302 g/mol. The number of benzene rings is 1. The van der Waals surface area contributed by atoms with Crippen LogP contribution in [0.1, 0.15) is 31.5 Å². The maximum Gasteiger partial charge on any atom is 0.238 e. The van der Waals surface area contributed by atoms with E-state index in [0.717, 1.165) is 25.1 Å². The van der Waals surface area contributed by atoms with Gasteiger partial charge in [0, 0.05) is 18.5 Å². The Bertz CT molecular complexity index is 675. The number of halogens is 1. The first-order valence-electron chi connectivity index (χ1n) is 7.16. The highest BCUT2D eigenvalue weighted by Gasteiger charge is 2.29. The summed E-state index contributed by atoms with van der Waals surface area (Å²) in [6.07, 6.45) is 5.14. The van der Waals surface area contributed by atoms with E-state index >= 15 is 0 Å². The van der Waals surface area contributed by atoms with Crippen molar-refractivity contribution in [2.45, 2.75) is 25.8 Å². The van der Waals surface area contributed by atoms with Gasteiger partial charge in [-0.1, -0.05) is 11.6 Å². The molecule has 5 nitrogen and oxygen atoms in total. The second-order valence-corrected chi connectivity index (χ2v) is 5.65. The smallest absolute Gasteiger partial charge is 0.238 e. The van der Waals surface area contributed by atoms with Crippen LogP contribution >= 0.6 is 11.6 Å². The van der Waals surface area contributed by atoms with Crippen molar-refractivity contribution >= 4 is 17.5 Å². The van der Waals surface area contributed by atoms with E-state index in [2.05, 4.69) is 9.97 Å². The molecule has 3 rings (SSSR count). The molecule has 0 N–H and O–H groups in total. The van der Waals surface area contributed by atoms with Crippen molar-refractivity contribution in [2.24, 2.45) is 0 Å². The quantitative estimate of drug-likeness (QED) is 0.868. The molecule has 0 aliphatic carbocycles. The van der Waals surface area contributed by atoms with Gasteiger partial charge in [-0.2, -0.15) is 0 Å². The van der Waals surface area contributed by atoms with Crippen LogP contribution in [0.3, 0.4) is 0 Å². The molecule has 1 amide bonds. The standard InChI is InChI=1S/C16H16ClN3O2/c1-11(21)20-8-2-3-15(20)14-9-18-10-16(19-14)22-13-6-4-12(17)5-7-13/h4-7,9-10,15H,2-3,8H2,1H3/t15-/m1/s1. The third-order valence-electron chi connectivity index (χ3n) is 3.67. The third-order valence-corrected chi connectivity index (χ3v) is 3.92. The predicted octanol–water partition coefficient (Wildman–Crippen LogP) is 3.61. The number of carbonyl (C=O) groups is 1. The van der Waals surface area contributed by atoms with E-state index < -0.39 is 0 Å². The van der Waals surface area contributed by atoms with Gasteiger partial charge in [-0.05, 0) is 37.1 Å². The zero-order valence-corrected chi connectivity index (χ0v) is 13.0. The first kappa shape index (κ1) is 14.8. The van der Waals surface area contributed by atoms with E-state index in [4.69, 9.17) is 16.3 Å². The fourth-order valence-electron chi connectivity index (χ4n) is 2.65. The lowest BCUT2D eigenvalue weighted by molar-refractivity contribution is -0.129. The first-order chi connectivity index (χ1) is 10.6. The summed E-state index contributed by atoms with van der Waals surface area (Å²) in [5, 5.41) is 0.648. The molecule has 0 unspecified atom stereocenters. The molecule has 0 saturated carbocycles. The monoisotopic (exact) mass is 317 g/mol. The van der Waals surface area contributed by atoms with E-state index in [9.17, 15) is 4.79 Å². The number of rotatable bonds is 3. The minimum atomic E-state index is -0.0150. The lowest BCUT2D eigenvalue weighted by Crippen LogP contribution is -2.28. The Morgan fingerprint density at radius 3 is 2.82 bits per heavy atom. The Morgan fingerprint density at radius 1 is 1.32 bits per heavy atom. The summed E-state index contributed by atoms with van der Waals surface area (Å²) in [5.74, 6) is 1.12. The van der Waals surface area contributed by atoms with Crippen molar-refractivity contribution in [3.63, 3.8) is 0 Å². The number of hydrogen-bond donors (Lipinski definition) is 0. The summed E-state index contributed by atoms with van der Waals surface area (Å²) >= 11 is 5.85. The van der Waals surface area contributed by atoms with E-state index in [1.165, 1.54) is 0 Å². The fraction of sp³-hybridized carbons (Fsp3) is 0.312. The lowest BCUT2D eigenvalue weighted by Gasteiger charge is -2.22. The van der Waals surface area contributed by atoms with Crippen LogP contribution in [0.4, 0.5) is 0 Å². The highest BCUT2D eigenvalue weighted by molar-refractivity contribution is 6.30. The molecule has 1 fully saturated rings. The Morgan fingerprint density at radius 2 is 2.09 bits per heavy atom. The summed E-state index contributed by atoms with van der Waals surface area (Å²) in [6.45, 7) is 2.35. The van der Waals surface area contributed by atoms with Crippen molar-refractivity contribution in [3.05, 3.63) is 47.4 Å². The zero-order chi connectivity index (χ0) is 15.5. The number of ether oxygens (including phenoxy) is 1. The second-order valence-electron chi connectivity index (χ2n) is 5.21. The van der Waals surface area contributed by atoms with Gasteiger partial charge in [-0.25, -0.2) is 4.98 Å². The molecule has 114 valence electrons. The van der Waals surface area contributed by atoms with Crippen molar-refractivity contribution in [1.29, 1.82) is 0 Å². The van der Waals surface area contributed by atoms with Gasteiger partial charge in [-0.15, -0.1) is 0 Å². The average Bonchev–Trinajstić information content (AvgIpc) is 3.00. The molecule has 6 heteroatoms. The van der Waals surface area contributed by atoms with E-state index in [1.54, 1.807) is 43.6 Å². The summed E-state index contributed by atoms with van der Waals surface area (Å²) in [7, 11) is 0. The number of likely N-dealkylation sites (tertiary alicyclic amines) is 1. The number of carbonyl (C=O) groups excluding carboxylic acids is 1. The van der Waals surface area contributed by atoms with Crippen LogP contribution in [-0.2, 0) is 4.79 Å². The fourth-order valence-corrected chi connectivity index (χ4v) is 2.77. The number of aromatic nitrogens is 2. The Labute approximate surface area is 133 Å². The molecule has 1 aromatic carbocycles. The van der Waals surface area contributed by atoms with Crippen molar-refractivity contribution in [3.8, 4) is 11.6 Å². The van der Waals surface area contributed by atoms with Crippen molar-refractivity contribution < 1.29 is 9.53 Å². The Kier molecular flexibility index (Phi) is 4.24. The van der Waals surface area contributed by atoms with E-state index in [0.29, 0.717) is 16.7 Å². The summed E-state index contributed by atoms with van der Waals surface area (Å²) in [4.78, 5) is 22.2. The minimum Gasteiger partial charge on any atom is -0.437 e.